The second kappa shape index (κ2) is 4.97. The summed E-state index contributed by atoms with van der Waals surface area (Å²) < 4.78 is 0. The van der Waals surface area contributed by atoms with E-state index in [2.05, 4.69) is 4.98 Å². The number of hydrogen-bond donors (Lipinski definition) is 1. The molecule has 0 bridgehead atoms. The maximum absolute atomic E-state index is 12.6. The van der Waals surface area contributed by atoms with E-state index in [0.717, 1.165) is 16.5 Å². The highest BCUT2D eigenvalue weighted by Gasteiger charge is 2.15. The highest BCUT2D eigenvalue weighted by Crippen LogP contribution is 2.25. The minimum absolute atomic E-state index is 0.0656. The number of carbonyl (C=O) groups is 1. The zero-order chi connectivity index (χ0) is 14.3. The molecule has 1 heterocycles. The van der Waals surface area contributed by atoms with Crippen molar-refractivity contribution in [2.75, 3.05) is 0 Å². The van der Waals surface area contributed by atoms with Gasteiger partial charge in [0, 0.05) is 38.3 Å². The van der Waals surface area contributed by atoms with Crippen LogP contribution in [-0.4, -0.2) is 10.8 Å². The molecule has 0 aliphatic carbocycles. The first kappa shape index (κ1) is 13.2. The lowest BCUT2D eigenvalue weighted by Gasteiger charge is -2.03. The molecule has 0 radical (unpaired) electrons. The molecule has 0 atom stereocenters. The average Bonchev–Trinajstić information content (AvgIpc) is 2.79. The Morgan fingerprint density at radius 1 is 1.05 bits per heavy atom. The molecule has 0 saturated carbocycles. The number of carbonyl (C=O) groups excluding carboxylic acids is 1. The lowest BCUT2D eigenvalue weighted by Crippen LogP contribution is -2.00. The van der Waals surface area contributed by atoms with Crippen molar-refractivity contribution in [1.82, 2.24) is 4.98 Å². The van der Waals surface area contributed by atoms with Gasteiger partial charge < -0.3 is 4.98 Å². The van der Waals surface area contributed by atoms with Crippen LogP contribution in [0.1, 0.15) is 21.5 Å². The smallest absolute Gasteiger partial charge is 0.195 e. The molecule has 0 aliphatic rings. The zero-order valence-electron chi connectivity index (χ0n) is 10.7. The number of aryl methyl sites for hydroxylation is 1. The quantitative estimate of drug-likeness (QED) is 0.663. The predicted octanol–water partition coefficient (Wildman–Crippen LogP) is 5.01. The van der Waals surface area contributed by atoms with Crippen LogP contribution in [0.4, 0.5) is 0 Å². The van der Waals surface area contributed by atoms with Gasteiger partial charge in [0.15, 0.2) is 5.78 Å². The first-order valence-electron chi connectivity index (χ1n) is 6.13. The van der Waals surface area contributed by atoms with E-state index in [-0.39, 0.29) is 5.78 Å². The van der Waals surface area contributed by atoms with Crippen molar-refractivity contribution in [2.45, 2.75) is 6.92 Å². The number of H-pyrrole nitrogens is 1. The van der Waals surface area contributed by atoms with E-state index in [0.29, 0.717) is 21.2 Å². The largest absolute Gasteiger partial charge is 0.360 e. The van der Waals surface area contributed by atoms with E-state index in [9.17, 15) is 4.79 Å². The van der Waals surface area contributed by atoms with Crippen LogP contribution < -0.4 is 0 Å². The molecule has 0 fully saturated rings. The van der Waals surface area contributed by atoms with Crippen LogP contribution in [0.3, 0.4) is 0 Å². The van der Waals surface area contributed by atoms with Crippen LogP contribution >= 0.6 is 23.2 Å². The third-order valence-electron chi connectivity index (χ3n) is 3.19. The van der Waals surface area contributed by atoms with Gasteiger partial charge in [0.2, 0.25) is 0 Å². The number of ketones is 1. The molecule has 4 heteroatoms. The Balaban J connectivity index is 2.15. The van der Waals surface area contributed by atoms with E-state index in [1.54, 1.807) is 24.4 Å². The molecule has 3 rings (SSSR count). The molecule has 0 aliphatic heterocycles. The SMILES string of the molecule is Cc1cc(Cl)cc(C(=O)c2c[nH]c3ccc(Cl)cc23)c1. The Morgan fingerprint density at radius 3 is 2.60 bits per heavy atom. The summed E-state index contributed by atoms with van der Waals surface area (Å²) in [6, 6.07) is 10.8. The van der Waals surface area contributed by atoms with Crippen molar-refractivity contribution in [2.24, 2.45) is 0 Å². The minimum Gasteiger partial charge on any atom is -0.360 e. The number of hydrogen-bond acceptors (Lipinski definition) is 1. The van der Waals surface area contributed by atoms with Crippen LogP contribution in [0.5, 0.6) is 0 Å². The van der Waals surface area contributed by atoms with E-state index < -0.39 is 0 Å². The molecule has 0 unspecified atom stereocenters. The van der Waals surface area contributed by atoms with Gasteiger partial charge >= 0.3 is 0 Å². The fourth-order valence-corrected chi connectivity index (χ4v) is 2.77. The summed E-state index contributed by atoms with van der Waals surface area (Å²) >= 11 is 12.0. The molecule has 0 spiro atoms. The first-order valence-corrected chi connectivity index (χ1v) is 6.89. The summed E-state index contributed by atoms with van der Waals surface area (Å²) in [5, 5.41) is 1.99. The number of aromatic amines is 1. The molecule has 2 nitrogen and oxygen atoms in total. The molecule has 0 amide bonds. The Hall–Kier alpha value is -1.77. The standard InChI is InChI=1S/C16H11Cl2NO/c1-9-4-10(6-12(18)5-9)16(20)14-8-19-15-3-2-11(17)7-13(14)15/h2-8,19H,1H3. The normalized spacial score (nSPS) is 10.9. The molecular weight excluding hydrogens is 293 g/mol. The number of aromatic nitrogens is 1. The van der Waals surface area contributed by atoms with Crippen molar-refractivity contribution in [1.29, 1.82) is 0 Å². The van der Waals surface area contributed by atoms with Gasteiger partial charge in [-0.2, -0.15) is 0 Å². The molecule has 20 heavy (non-hydrogen) atoms. The van der Waals surface area contributed by atoms with E-state index in [1.165, 1.54) is 0 Å². The second-order valence-corrected chi connectivity index (χ2v) is 5.61. The lowest BCUT2D eigenvalue weighted by molar-refractivity contribution is 0.104. The van der Waals surface area contributed by atoms with Crippen LogP contribution in [0, 0.1) is 6.92 Å². The molecule has 1 N–H and O–H groups in total. The highest BCUT2D eigenvalue weighted by molar-refractivity contribution is 6.32. The third-order valence-corrected chi connectivity index (χ3v) is 3.65. The Kier molecular flexibility index (Phi) is 3.28. The van der Waals surface area contributed by atoms with Crippen molar-refractivity contribution in [3.8, 4) is 0 Å². The van der Waals surface area contributed by atoms with E-state index >= 15 is 0 Å². The highest BCUT2D eigenvalue weighted by atomic mass is 35.5. The van der Waals surface area contributed by atoms with Gasteiger partial charge in [0.1, 0.15) is 0 Å². The Bertz CT molecular complexity index is 800. The van der Waals surface area contributed by atoms with Crippen LogP contribution in [-0.2, 0) is 0 Å². The van der Waals surface area contributed by atoms with Gasteiger partial charge in [-0.15, -0.1) is 0 Å². The second-order valence-electron chi connectivity index (χ2n) is 4.74. The van der Waals surface area contributed by atoms with Gasteiger partial charge in [0.25, 0.3) is 0 Å². The maximum atomic E-state index is 12.6. The summed E-state index contributed by atoms with van der Waals surface area (Å²) in [5.74, 6) is -0.0656. The van der Waals surface area contributed by atoms with Gasteiger partial charge in [-0.25, -0.2) is 0 Å². The van der Waals surface area contributed by atoms with Crippen molar-refractivity contribution < 1.29 is 4.79 Å². The molecule has 1 aromatic heterocycles. The molecule has 100 valence electrons. The van der Waals surface area contributed by atoms with Gasteiger partial charge in [-0.3, -0.25) is 4.79 Å². The first-order chi connectivity index (χ1) is 9.54. The van der Waals surface area contributed by atoms with Crippen molar-refractivity contribution >= 4 is 39.9 Å². The van der Waals surface area contributed by atoms with Crippen LogP contribution in [0.2, 0.25) is 10.0 Å². The Labute approximate surface area is 126 Å². The van der Waals surface area contributed by atoms with Gasteiger partial charge in [-0.1, -0.05) is 23.2 Å². The van der Waals surface area contributed by atoms with Gasteiger partial charge in [-0.05, 0) is 48.9 Å². The summed E-state index contributed by atoms with van der Waals surface area (Å²) in [4.78, 5) is 15.7. The fourth-order valence-electron chi connectivity index (χ4n) is 2.30. The molecule has 0 saturated heterocycles. The number of nitrogens with one attached hydrogen (secondary N) is 1. The van der Waals surface area contributed by atoms with Crippen LogP contribution in [0.25, 0.3) is 10.9 Å². The van der Waals surface area contributed by atoms with Crippen molar-refractivity contribution in [3.05, 3.63) is 69.3 Å². The zero-order valence-corrected chi connectivity index (χ0v) is 12.2. The third kappa shape index (κ3) is 2.33. The maximum Gasteiger partial charge on any atom is 0.195 e. The summed E-state index contributed by atoms with van der Waals surface area (Å²) in [6.07, 6.45) is 1.71. The van der Waals surface area contributed by atoms with Crippen LogP contribution in [0.15, 0.2) is 42.6 Å². The number of rotatable bonds is 2. The minimum atomic E-state index is -0.0656. The van der Waals surface area contributed by atoms with E-state index in [4.69, 9.17) is 23.2 Å². The number of fused-ring (bicyclic) bond motifs is 1. The molecule has 2 aromatic carbocycles. The average molecular weight is 304 g/mol. The van der Waals surface area contributed by atoms with Crippen molar-refractivity contribution in [3.63, 3.8) is 0 Å². The topological polar surface area (TPSA) is 32.9 Å². The monoisotopic (exact) mass is 303 g/mol. The number of halogens is 2. The molecule has 3 aromatic rings. The lowest BCUT2D eigenvalue weighted by atomic mass is 10.0. The summed E-state index contributed by atoms with van der Waals surface area (Å²) in [7, 11) is 0. The fraction of sp³-hybridized carbons (Fsp3) is 0.0625. The summed E-state index contributed by atoms with van der Waals surface area (Å²) in [5.41, 5.74) is 3.02. The summed E-state index contributed by atoms with van der Waals surface area (Å²) in [6.45, 7) is 1.91. The Morgan fingerprint density at radius 2 is 1.85 bits per heavy atom. The molecular formula is C16H11Cl2NO. The van der Waals surface area contributed by atoms with E-state index in [1.807, 2.05) is 25.1 Å². The van der Waals surface area contributed by atoms with Gasteiger partial charge in [0.05, 0.1) is 0 Å². The number of benzene rings is 2. The predicted molar refractivity (Wildman–Crippen MR) is 82.9 cm³/mol.